The Labute approximate surface area is 215 Å². The number of hydrogen-bond acceptors (Lipinski definition) is 4. The summed E-state index contributed by atoms with van der Waals surface area (Å²) >= 11 is 0. The second kappa shape index (κ2) is 13.8. The summed E-state index contributed by atoms with van der Waals surface area (Å²) < 4.78 is 31.7. The fourth-order valence-electron chi connectivity index (χ4n) is 4.08. The first-order valence-corrected chi connectivity index (χ1v) is 12.1. The van der Waals surface area contributed by atoms with Crippen molar-refractivity contribution >= 4 is 17.8 Å². The third-order valence-corrected chi connectivity index (χ3v) is 5.93. The number of piperazine rings is 1. The fourth-order valence-corrected chi connectivity index (χ4v) is 4.08. The molecule has 3 rings (SSSR count). The van der Waals surface area contributed by atoms with Gasteiger partial charge in [0.05, 0.1) is 0 Å². The molecule has 0 saturated carbocycles. The van der Waals surface area contributed by atoms with E-state index in [0.29, 0.717) is 25.1 Å². The van der Waals surface area contributed by atoms with Crippen molar-refractivity contribution in [1.82, 2.24) is 15.1 Å². The summed E-state index contributed by atoms with van der Waals surface area (Å²) in [5.41, 5.74) is 4.05. The summed E-state index contributed by atoms with van der Waals surface area (Å²) in [6.07, 6.45) is -4.72. The van der Waals surface area contributed by atoms with Crippen LogP contribution < -0.4 is 5.32 Å². The third kappa shape index (κ3) is 9.87. The lowest BCUT2D eigenvalue weighted by Crippen LogP contribution is -2.47. The van der Waals surface area contributed by atoms with Crippen LogP contribution in [0.25, 0.3) is 0 Å². The van der Waals surface area contributed by atoms with Gasteiger partial charge in [-0.3, -0.25) is 9.59 Å². The molecular formula is C27H34F3N3O4. The lowest BCUT2D eigenvalue weighted by molar-refractivity contribution is -0.192. The number of rotatable bonds is 7. The molecule has 1 heterocycles. The second-order valence-corrected chi connectivity index (χ2v) is 9.12. The van der Waals surface area contributed by atoms with Crippen LogP contribution in [0.15, 0.2) is 48.5 Å². The maximum Gasteiger partial charge on any atom is 0.490 e. The highest BCUT2D eigenvalue weighted by atomic mass is 19.4. The Kier molecular flexibility index (Phi) is 11.1. The molecule has 0 spiro atoms. The summed E-state index contributed by atoms with van der Waals surface area (Å²) in [7, 11) is 0. The highest BCUT2D eigenvalue weighted by molar-refractivity contribution is 5.95. The Bertz CT molecular complexity index is 1030. The number of nitrogens with one attached hydrogen (secondary N) is 1. The van der Waals surface area contributed by atoms with Crippen LogP contribution in [0.2, 0.25) is 0 Å². The molecule has 0 bridgehead atoms. The molecule has 2 aromatic rings. The molecule has 37 heavy (non-hydrogen) atoms. The van der Waals surface area contributed by atoms with E-state index < -0.39 is 12.1 Å². The van der Waals surface area contributed by atoms with Gasteiger partial charge in [-0.2, -0.15) is 13.2 Å². The quantitative estimate of drug-likeness (QED) is 0.575. The highest BCUT2D eigenvalue weighted by Gasteiger charge is 2.38. The predicted molar refractivity (Wildman–Crippen MR) is 134 cm³/mol. The van der Waals surface area contributed by atoms with Crippen LogP contribution >= 0.6 is 0 Å². The van der Waals surface area contributed by atoms with Gasteiger partial charge >= 0.3 is 12.1 Å². The van der Waals surface area contributed by atoms with Crippen molar-refractivity contribution in [1.29, 1.82) is 0 Å². The van der Waals surface area contributed by atoms with Crippen molar-refractivity contribution < 1.29 is 32.7 Å². The lowest BCUT2D eigenvalue weighted by Gasteiger charge is -2.30. The number of carboxylic acids is 1. The Balaban J connectivity index is 0.000000604. The molecular weight excluding hydrogens is 487 g/mol. The molecule has 1 aliphatic rings. The van der Waals surface area contributed by atoms with Crippen LogP contribution in [0, 0.1) is 13.8 Å². The minimum Gasteiger partial charge on any atom is -0.475 e. The number of halogens is 3. The van der Waals surface area contributed by atoms with E-state index in [4.69, 9.17) is 9.90 Å². The fraction of sp³-hybridized carbons (Fsp3) is 0.444. The average Bonchev–Trinajstić information content (AvgIpc) is 2.86. The van der Waals surface area contributed by atoms with Crippen LogP contribution in [0.5, 0.6) is 0 Å². The lowest BCUT2D eigenvalue weighted by atomic mass is 9.99. The van der Waals surface area contributed by atoms with E-state index in [0.717, 1.165) is 37.3 Å². The molecule has 1 fully saturated rings. The number of carbonyl (C=O) groups excluding carboxylic acids is 2. The minimum atomic E-state index is -5.08. The van der Waals surface area contributed by atoms with Crippen molar-refractivity contribution in [3.63, 3.8) is 0 Å². The number of nitrogens with zero attached hydrogens (tertiary/aromatic N) is 2. The molecule has 202 valence electrons. The zero-order chi connectivity index (χ0) is 27.6. The summed E-state index contributed by atoms with van der Waals surface area (Å²) in [5.74, 6) is -2.44. The van der Waals surface area contributed by atoms with E-state index in [9.17, 15) is 22.8 Å². The molecule has 0 radical (unpaired) electrons. The van der Waals surface area contributed by atoms with Gasteiger partial charge in [0.15, 0.2) is 0 Å². The van der Waals surface area contributed by atoms with Gasteiger partial charge in [-0.05, 0) is 37.5 Å². The van der Waals surface area contributed by atoms with E-state index in [1.165, 1.54) is 5.56 Å². The molecule has 1 aliphatic heterocycles. The predicted octanol–water partition coefficient (Wildman–Crippen LogP) is 4.00. The number of hydrogen-bond donors (Lipinski definition) is 2. The van der Waals surface area contributed by atoms with Crippen molar-refractivity contribution in [2.75, 3.05) is 39.3 Å². The summed E-state index contributed by atoms with van der Waals surface area (Å²) in [6, 6.07) is 16.2. The van der Waals surface area contributed by atoms with Crippen LogP contribution in [-0.4, -0.2) is 78.1 Å². The van der Waals surface area contributed by atoms with E-state index >= 15 is 0 Å². The Morgan fingerprint density at radius 3 is 2.08 bits per heavy atom. The van der Waals surface area contributed by atoms with Gasteiger partial charge in [0, 0.05) is 51.3 Å². The molecule has 0 aromatic heterocycles. The standard InChI is InChI=1S/C25H33N3O2.C2HF3O2/c1-19-15-20(2)17-23(16-19)25(30)28(18-21(3)22-7-5-4-6-8-22)12-9-24(29)27-13-10-26-11-14-27;3-2(4,5)1(6)7/h4-8,15-17,21,26H,9-14,18H2,1-3H3;(H,6,7). The van der Waals surface area contributed by atoms with Crippen LogP contribution in [-0.2, 0) is 9.59 Å². The number of aliphatic carboxylic acids is 1. The number of carbonyl (C=O) groups is 3. The highest BCUT2D eigenvalue weighted by Crippen LogP contribution is 2.19. The van der Waals surface area contributed by atoms with E-state index in [1.54, 1.807) is 0 Å². The Morgan fingerprint density at radius 2 is 1.57 bits per heavy atom. The molecule has 1 atom stereocenters. The first-order valence-electron chi connectivity index (χ1n) is 12.1. The van der Waals surface area contributed by atoms with Crippen LogP contribution in [0.1, 0.15) is 46.3 Å². The van der Waals surface area contributed by atoms with Crippen molar-refractivity contribution in [2.24, 2.45) is 0 Å². The van der Waals surface area contributed by atoms with E-state index in [1.807, 2.05) is 54.0 Å². The van der Waals surface area contributed by atoms with Gasteiger partial charge in [0.1, 0.15) is 0 Å². The maximum atomic E-state index is 13.4. The number of alkyl halides is 3. The van der Waals surface area contributed by atoms with Gasteiger partial charge in [-0.1, -0.05) is 54.4 Å². The first-order chi connectivity index (χ1) is 17.4. The third-order valence-electron chi connectivity index (χ3n) is 5.93. The molecule has 2 N–H and O–H groups in total. The van der Waals surface area contributed by atoms with Gasteiger partial charge in [0.2, 0.25) is 5.91 Å². The van der Waals surface area contributed by atoms with E-state index in [-0.39, 0.29) is 17.7 Å². The second-order valence-electron chi connectivity index (χ2n) is 9.12. The largest absolute Gasteiger partial charge is 0.490 e. The number of amides is 2. The topological polar surface area (TPSA) is 90.0 Å². The SMILES string of the molecule is Cc1cc(C)cc(C(=O)N(CCC(=O)N2CCNCC2)CC(C)c2ccccc2)c1.O=C(O)C(F)(F)F. The van der Waals surface area contributed by atoms with Gasteiger partial charge in [-0.25, -0.2) is 4.79 Å². The van der Waals surface area contributed by atoms with Crippen molar-refractivity contribution in [2.45, 2.75) is 39.3 Å². The number of aryl methyl sites for hydroxylation is 2. The smallest absolute Gasteiger partial charge is 0.475 e. The van der Waals surface area contributed by atoms with Crippen molar-refractivity contribution in [3.05, 3.63) is 70.8 Å². The molecule has 2 aromatic carbocycles. The summed E-state index contributed by atoms with van der Waals surface area (Å²) in [4.78, 5) is 38.7. The molecule has 1 saturated heterocycles. The van der Waals surface area contributed by atoms with Gasteiger partial charge in [-0.15, -0.1) is 0 Å². The molecule has 0 aliphatic carbocycles. The van der Waals surface area contributed by atoms with Gasteiger partial charge in [0.25, 0.3) is 5.91 Å². The number of carboxylic acid groups (broad SMARTS) is 1. The zero-order valence-corrected chi connectivity index (χ0v) is 21.3. The molecule has 2 amide bonds. The normalized spacial score (nSPS) is 14.3. The maximum absolute atomic E-state index is 13.4. The number of benzene rings is 2. The monoisotopic (exact) mass is 521 g/mol. The average molecular weight is 522 g/mol. The van der Waals surface area contributed by atoms with Crippen molar-refractivity contribution in [3.8, 4) is 0 Å². The minimum absolute atomic E-state index is 0.00214. The van der Waals surface area contributed by atoms with Crippen LogP contribution in [0.3, 0.4) is 0 Å². The summed E-state index contributed by atoms with van der Waals surface area (Å²) in [6.45, 7) is 10.3. The van der Waals surface area contributed by atoms with E-state index in [2.05, 4.69) is 30.4 Å². The molecule has 10 heteroatoms. The first kappa shape index (κ1) is 29.8. The Hall–Kier alpha value is -3.40. The zero-order valence-electron chi connectivity index (χ0n) is 21.3. The molecule has 7 nitrogen and oxygen atoms in total. The summed E-state index contributed by atoms with van der Waals surface area (Å²) in [5, 5.41) is 10.4. The van der Waals surface area contributed by atoms with Crippen LogP contribution in [0.4, 0.5) is 13.2 Å². The molecule has 1 unspecified atom stereocenters. The Morgan fingerprint density at radius 1 is 1.03 bits per heavy atom. The van der Waals surface area contributed by atoms with Gasteiger partial charge < -0.3 is 20.2 Å².